The minimum absolute atomic E-state index is 0.0297. The van der Waals surface area contributed by atoms with E-state index < -0.39 is 31.7 Å². The van der Waals surface area contributed by atoms with Crippen LogP contribution < -0.4 is 10.5 Å². The third-order valence-corrected chi connectivity index (χ3v) is 8.61. The summed E-state index contributed by atoms with van der Waals surface area (Å²) in [7, 11) is -3.93. The Hall–Kier alpha value is -1.95. The maximum absolute atomic E-state index is 14.8. The summed E-state index contributed by atoms with van der Waals surface area (Å²) in [6.07, 6.45) is 4.04. The van der Waals surface area contributed by atoms with Gasteiger partial charge in [0.25, 0.3) is 0 Å². The van der Waals surface area contributed by atoms with Gasteiger partial charge in [-0.05, 0) is 74.6 Å². The van der Waals surface area contributed by atoms with Crippen LogP contribution >= 0.6 is 11.3 Å². The van der Waals surface area contributed by atoms with Crippen molar-refractivity contribution in [2.45, 2.75) is 62.2 Å². The van der Waals surface area contributed by atoms with Gasteiger partial charge in [0.1, 0.15) is 16.4 Å². The number of nitrogens with one attached hydrogen (secondary N) is 1. The van der Waals surface area contributed by atoms with Crippen molar-refractivity contribution in [1.29, 1.82) is 0 Å². The number of nitrogens with zero attached hydrogens (tertiary/aromatic N) is 2. The van der Waals surface area contributed by atoms with E-state index in [2.05, 4.69) is 14.7 Å². The summed E-state index contributed by atoms with van der Waals surface area (Å²) in [6, 6.07) is -0.991. The number of anilines is 1. The molecule has 0 saturated heterocycles. The Kier molecular flexibility index (Phi) is 5.20. The molecule has 2 aromatic rings. The van der Waals surface area contributed by atoms with E-state index >= 15 is 0 Å². The number of thiazole rings is 1. The van der Waals surface area contributed by atoms with Crippen molar-refractivity contribution in [3.05, 3.63) is 39.0 Å². The van der Waals surface area contributed by atoms with Crippen molar-refractivity contribution < 1.29 is 22.9 Å². The van der Waals surface area contributed by atoms with Gasteiger partial charge in [0.05, 0.1) is 0 Å². The molecular weight excluding hydrogens is 434 g/mol. The van der Waals surface area contributed by atoms with Gasteiger partial charge in [0.2, 0.25) is 5.95 Å². The van der Waals surface area contributed by atoms with Crippen LogP contribution in [0.15, 0.2) is 8.57 Å². The van der Waals surface area contributed by atoms with Gasteiger partial charge < -0.3 is 10.4 Å². The van der Waals surface area contributed by atoms with Gasteiger partial charge in [-0.1, -0.05) is 0 Å². The highest BCUT2D eigenvalue weighted by Crippen LogP contribution is 2.41. The fourth-order valence-corrected chi connectivity index (χ4v) is 6.23. The zero-order valence-electron chi connectivity index (χ0n) is 16.6. The van der Waals surface area contributed by atoms with Crippen LogP contribution in [0.1, 0.15) is 54.0 Å². The van der Waals surface area contributed by atoms with Crippen LogP contribution in [0.3, 0.4) is 0 Å². The van der Waals surface area contributed by atoms with Gasteiger partial charge in [-0.2, -0.15) is 4.39 Å². The van der Waals surface area contributed by atoms with Crippen LogP contribution in [0, 0.1) is 11.8 Å². The molecule has 2 aliphatic carbocycles. The molecule has 2 aliphatic rings. The lowest BCUT2D eigenvalue weighted by Crippen LogP contribution is -2.19. The van der Waals surface area contributed by atoms with Crippen molar-refractivity contribution in [3.8, 4) is 0 Å². The molecule has 1 aromatic carbocycles. The van der Waals surface area contributed by atoms with E-state index in [9.17, 15) is 22.9 Å². The normalized spacial score (nSPS) is 17.4. The SMILES string of the molecule is CC(C)(O)c1nc(F)c([S@@](N)(=O)=NC(=O)Nc2c3c(c(F)c4c2CCC4)CCC3)s1. The molecule has 30 heavy (non-hydrogen) atoms. The number of nitrogens with two attached hydrogens (primary N) is 1. The maximum atomic E-state index is 14.8. The number of urea groups is 1. The summed E-state index contributed by atoms with van der Waals surface area (Å²) in [5.74, 6) is -1.32. The second-order valence-electron chi connectivity index (χ2n) is 8.06. The number of rotatable bonds is 3. The predicted molar refractivity (Wildman–Crippen MR) is 110 cm³/mol. The van der Waals surface area contributed by atoms with Crippen molar-refractivity contribution >= 4 is 33.0 Å². The van der Waals surface area contributed by atoms with Crippen LogP contribution in [-0.4, -0.2) is 20.3 Å². The Balaban J connectivity index is 1.70. The number of aromatic nitrogens is 1. The molecule has 4 N–H and O–H groups in total. The highest BCUT2D eigenvalue weighted by Gasteiger charge is 2.31. The summed E-state index contributed by atoms with van der Waals surface area (Å²) in [4.78, 5) is 16.1. The van der Waals surface area contributed by atoms with E-state index in [0.717, 1.165) is 24.0 Å². The Bertz CT molecular complexity index is 1140. The summed E-state index contributed by atoms with van der Waals surface area (Å²) in [6.45, 7) is 2.79. The Morgan fingerprint density at radius 3 is 2.20 bits per heavy atom. The predicted octanol–water partition coefficient (Wildman–Crippen LogP) is 3.56. The first kappa shape index (κ1) is 21.3. The Morgan fingerprint density at radius 1 is 1.17 bits per heavy atom. The number of benzene rings is 1. The van der Waals surface area contributed by atoms with Crippen molar-refractivity contribution in [3.63, 3.8) is 0 Å². The first-order valence-electron chi connectivity index (χ1n) is 9.59. The number of hydrogen-bond donors (Lipinski definition) is 3. The number of halogens is 2. The lowest BCUT2D eigenvalue weighted by atomic mass is 9.98. The van der Waals surface area contributed by atoms with Crippen LogP contribution in [-0.2, 0) is 41.2 Å². The van der Waals surface area contributed by atoms with Gasteiger partial charge >= 0.3 is 6.03 Å². The molecule has 4 rings (SSSR count). The molecule has 11 heteroatoms. The molecule has 0 radical (unpaired) electrons. The van der Waals surface area contributed by atoms with Gasteiger partial charge in [0.15, 0.2) is 14.1 Å². The summed E-state index contributed by atoms with van der Waals surface area (Å²) < 4.78 is 44.8. The first-order valence-corrected chi connectivity index (χ1v) is 12.0. The molecule has 1 aromatic heterocycles. The van der Waals surface area contributed by atoms with Crippen LogP contribution in [0.2, 0.25) is 0 Å². The van der Waals surface area contributed by atoms with Gasteiger partial charge in [-0.3, -0.25) is 0 Å². The average molecular weight is 457 g/mol. The molecule has 1 atom stereocenters. The maximum Gasteiger partial charge on any atom is 0.354 e. The summed E-state index contributed by atoms with van der Waals surface area (Å²) in [5.41, 5.74) is 1.77. The second kappa shape index (κ2) is 7.33. The van der Waals surface area contributed by atoms with Crippen molar-refractivity contribution in [1.82, 2.24) is 4.98 Å². The molecule has 162 valence electrons. The third-order valence-electron chi connectivity index (χ3n) is 5.37. The van der Waals surface area contributed by atoms with E-state index in [1.165, 1.54) is 13.8 Å². The standard InChI is InChI=1S/C19H22F2N4O3S2/c1-19(2,27)17-24-15(21)16(29-17)30(22,28)25-18(26)23-14-11-7-3-5-9(11)13(20)10-6-4-8-12(10)14/h27H,3-8H2,1-2H3,(H3,22,23,25,26,28)/t30-/m0/s1. The average Bonchev–Trinajstić information content (AvgIpc) is 3.36. The van der Waals surface area contributed by atoms with E-state index in [-0.39, 0.29) is 10.8 Å². The van der Waals surface area contributed by atoms with Gasteiger partial charge in [-0.15, -0.1) is 15.7 Å². The molecule has 0 unspecified atom stereocenters. The number of hydrogen-bond acceptors (Lipinski definition) is 5. The van der Waals surface area contributed by atoms with E-state index in [1.54, 1.807) is 0 Å². The molecule has 0 saturated carbocycles. The summed E-state index contributed by atoms with van der Waals surface area (Å²) >= 11 is 0.604. The minimum Gasteiger partial charge on any atom is -0.383 e. The molecule has 0 fully saturated rings. The fraction of sp³-hybridized carbons (Fsp3) is 0.474. The largest absolute Gasteiger partial charge is 0.383 e. The Labute approximate surface area is 177 Å². The third kappa shape index (κ3) is 3.64. The van der Waals surface area contributed by atoms with Crippen LogP contribution in [0.4, 0.5) is 19.3 Å². The van der Waals surface area contributed by atoms with Crippen molar-refractivity contribution in [2.24, 2.45) is 9.50 Å². The quantitative estimate of drug-likeness (QED) is 0.654. The molecule has 2 amide bonds. The molecule has 0 aliphatic heterocycles. The first-order chi connectivity index (χ1) is 14.0. The lowest BCUT2D eigenvalue weighted by Gasteiger charge is -2.16. The number of fused-ring (bicyclic) bond motifs is 2. The fourth-order valence-electron chi connectivity index (χ4n) is 4.06. The van der Waals surface area contributed by atoms with Crippen LogP contribution in [0.25, 0.3) is 0 Å². The topological polar surface area (TPSA) is 118 Å². The minimum atomic E-state index is -3.93. The van der Waals surface area contributed by atoms with E-state index in [4.69, 9.17) is 5.14 Å². The highest BCUT2D eigenvalue weighted by molar-refractivity contribution is 7.93. The van der Waals surface area contributed by atoms with Gasteiger partial charge in [0, 0.05) is 5.69 Å². The van der Waals surface area contributed by atoms with E-state index in [1.807, 2.05) is 0 Å². The molecule has 7 nitrogen and oxygen atoms in total. The zero-order chi connectivity index (χ0) is 21.8. The monoisotopic (exact) mass is 456 g/mol. The van der Waals surface area contributed by atoms with Crippen molar-refractivity contribution in [2.75, 3.05) is 5.32 Å². The molecule has 1 heterocycles. The number of amides is 2. The van der Waals surface area contributed by atoms with Crippen LogP contribution in [0.5, 0.6) is 0 Å². The van der Waals surface area contributed by atoms with E-state index in [0.29, 0.717) is 53.8 Å². The molecule has 0 bridgehead atoms. The Morgan fingerprint density at radius 2 is 1.70 bits per heavy atom. The smallest absolute Gasteiger partial charge is 0.354 e. The number of carbonyl (C=O) groups excluding carboxylic acids is 1. The number of aliphatic hydroxyl groups is 1. The highest BCUT2D eigenvalue weighted by atomic mass is 32.2. The molecular formula is C19H22F2N4O3S2. The second-order valence-corrected chi connectivity index (χ2v) is 11.0. The lowest BCUT2D eigenvalue weighted by molar-refractivity contribution is 0.0776. The van der Waals surface area contributed by atoms with Gasteiger partial charge in [-0.25, -0.2) is 23.5 Å². The summed E-state index contributed by atoms with van der Waals surface area (Å²) in [5, 5.41) is 18.3. The number of carbonyl (C=O) groups is 1. The molecule has 0 spiro atoms. The zero-order valence-corrected chi connectivity index (χ0v) is 18.2.